The summed E-state index contributed by atoms with van der Waals surface area (Å²) >= 11 is -0.390. The SMILES string of the molecule is [2H]C([2H])([2H])c1ccc(-c2ccc(C([2H])([2H])[2H])c(-c3cccc4c3[se]c3ccccc34)c2C([2H])([2H])[2H])c(C([2H])([2H])[2H])c1-c1cccc2c1Oc1ccccc1C2(C([2H])([2H])[2H])C([2H])([2H])[2H]. The first kappa shape index (κ1) is 14.8. The van der Waals surface area contributed by atoms with Crippen LogP contribution in [0.25, 0.3) is 52.7 Å². The van der Waals surface area contributed by atoms with Gasteiger partial charge in [-0.15, -0.1) is 0 Å². The van der Waals surface area contributed by atoms with E-state index in [1.54, 1.807) is 12.1 Å². The molecule has 2 heterocycles. The molecule has 0 fully saturated rings. The molecule has 8 rings (SSSR count). The summed E-state index contributed by atoms with van der Waals surface area (Å²) in [4.78, 5) is 0. The molecule has 45 heavy (non-hydrogen) atoms. The van der Waals surface area contributed by atoms with Crippen LogP contribution >= 0.6 is 0 Å². The van der Waals surface area contributed by atoms with Gasteiger partial charge < -0.3 is 0 Å². The second kappa shape index (κ2) is 10.3. The molecule has 0 saturated carbocycles. The zero-order valence-electron chi connectivity index (χ0n) is 41.7. The second-order valence-electron chi connectivity index (χ2n) is 11.1. The Morgan fingerprint density at radius 1 is 0.556 bits per heavy atom. The van der Waals surface area contributed by atoms with Gasteiger partial charge in [0.15, 0.2) is 0 Å². The van der Waals surface area contributed by atoms with E-state index in [2.05, 4.69) is 0 Å². The predicted octanol–water partition coefficient (Wildman–Crippen LogP) is 11.7. The van der Waals surface area contributed by atoms with Gasteiger partial charge in [-0.3, -0.25) is 0 Å². The third-order valence-corrected chi connectivity index (χ3v) is 11.1. The van der Waals surface area contributed by atoms with Crippen molar-refractivity contribution in [3.8, 4) is 44.9 Å². The van der Waals surface area contributed by atoms with E-state index >= 15 is 0 Å². The van der Waals surface area contributed by atoms with Crippen LogP contribution in [0.2, 0.25) is 0 Å². The van der Waals surface area contributed by atoms with Crippen molar-refractivity contribution in [1.82, 2.24) is 0 Å². The van der Waals surface area contributed by atoms with E-state index in [1.807, 2.05) is 30.3 Å². The predicted molar refractivity (Wildman–Crippen MR) is 192 cm³/mol. The molecule has 1 nitrogen and oxygen atoms in total. The van der Waals surface area contributed by atoms with E-state index in [4.69, 9.17) is 29.4 Å². The van der Waals surface area contributed by atoms with Crippen molar-refractivity contribution in [3.05, 3.63) is 143 Å². The van der Waals surface area contributed by atoms with Crippen molar-refractivity contribution in [2.24, 2.45) is 0 Å². The molecule has 6 aromatic carbocycles. The van der Waals surface area contributed by atoms with E-state index < -0.39 is 89.0 Å². The molecule has 2 heteroatoms. The minimum atomic E-state index is -3.27. The average Bonchev–Trinajstić information content (AvgIpc) is 3.55. The Hall–Kier alpha value is -4.36. The molecule has 0 N–H and O–H groups in total. The van der Waals surface area contributed by atoms with Gasteiger partial charge in [0.2, 0.25) is 0 Å². The molecule has 0 saturated heterocycles. The summed E-state index contributed by atoms with van der Waals surface area (Å²) in [6.45, 7) is -18.8. The van der Waals surface area contributed by atoms with Crippen LogP contribution in [0.15, 0.2) is 109 Å². The van der Waals surface area contributed by atoms with E-state index in [0.717, 1.165) is 25.4 Å². The number of aryl methyl sites for hydroxylation is 2. The third kappa shape index (κ3) is 4.20. The fraction of sp³-hybridized carbons (Fsp3) is 0.163. The number of hydrogen-bond donors (Lipinski definition) is 0. The maximum atomic E-state index is 9.05. The Balaban J connectivity index is 1.55. The van der Waals surface area contributed by atoms with E-state index in [9.17, 15) is 0 Å². The summed E-state index contributed by atoms with van der Waals surface area (Å²) in [5.41, 5.74) is -6.27. The molecule has 0 bridgehead atoms. The normalized spacial score (nSPS) is 21.1. The molecular weight excluding hydrogens is 611 g/mol. The molecule has 0 radical (unpaired) electrons. The Morgan fingerprint density at radius 2 is 1.20 bits per heavy atom. The fourth-order valence-electron chi connectivity index (χ4n) is 6.42. The quantitative estimate of drug-likeness (QED) is 0.171. The average molecular weight is 666 g/mol. The van der Waals surface area contributed by atoms with E-state index in [0.29, 0.717) is 5.56 Å². The minimum Gasteiger partial charge on any atom is -0.0617 e. The molecule has 0 atom stereocenters. The summed E-state index contributed by atoms with van der Waals surface area (Å²) in [7, 11) is 0. The second-order valence-corrected chi connectivity index (χ2v) is 13.3. The maximum absolute atomic E-state index is 9.05. The minimum absolute atomic E-state index is 0.130. The first-order valence-corrected chi connectivity index (χ1v) is 16.0. The van der Waals surface area contributed by atoms with E-state index in [-0.39, 0.29) is 44.7 Å². The summed E-state index contributed by atoms with van der Waals surface area (Å²) in [6, 6.07) is 27.1. The number of para-hydroxylation sites is 2. The van der Waals surface area contributed by atoms with Crippen LogP contribution in [0.3, 0.4) is 0 Å². The Bertz CT molecular complexity index is 2950. The van der Waals surface area contributed by atoms with Crippen LogP contribution < -0.4 is 4.74 Å². The van der Waals surface area contributed by atoms with Gasteiger partial charge in [-0.25, -0.2) is 0 Å². The van der Waals surface area contributed by atoms with Crippen molar-refractivity contribution in [1.29, 1.82) is 0 Å². The standard InChI is InChI=1S/C43H36OSe/c1-25-21-23-29(27(3)39(25)33-15-12-18-36-41(33)44-37-19-9-8-17-35(37)43(36,5)6)30-24-22-26(2)40(28(30)4)34-16-11-14-32-31-13-7-10-20-38(31)45-42(32)34/h7-24H,1-6H3/i1D3,2D3,3D3,4D3,5D3,6D3. The van der Waals surface area contributed by atoms with Crippen LogP contribution in [0.1, 0.15) is 71.8 Å². The van der Waals surface area contributed by atoms with Crippen LogP contribution in [0, 0.1) is 27.4 Å². The van der Waals surface area contributed by atoms with Crippen LogP contribution in [-0.2, 0) is 5.41 Å². The van der Waals surface area contributed by atoms with Crippen molar-refractivity contribution in [2.45, 2.75) is 46.5 Å². The molecular formula is C43H36OSe. The van der Waals surface area contributed by atoms with Gasteiger partial charge in [-0.05, 0) is 6.07 Å². The summed E-state index contributed by atoms with van der Waals surface area (Å²) in [5.74, 6) is -0.576. The smallest absolute Gasteiger partial charge is 0.0617 e. The Morgan fingerprint density at radius 3 is 1.96 bits per heavy atom. The number of fused-ring (bicyclic) bond motifs is 5. The van der Waals surface area contributed by atoms with Crippen molar-refractivity contribution in [3.63, 3.8) is 0 Å². The third-order valence-electron chi connectivity index (χ3n) is 8.57. The van der Waals surface area contributed by atoms with Crippen molar-refractivity contribution >= 4 is 33.8 Å². The number of rotatable bonds is 3. The van der Waals surface area contributed by atoms with Gasteiger partial charge in [-0.1, -0.05) is 31.9 Å². The molecule has 1 aromatic heterocycles. The monoisotopic (exact) mass is 666 g/mol. The van der Waals surface area contributed by atoms with Gasteiger partial charge in [0, 0.05) is 13.8 Å². The first-order valence-electron chi connectivity index (χ1n) is 23.3. The van der Waals surface area contributed by atoms with E-state index in [1.165, 1.54) is 60.7 Å². The Kier molecular flexibility index (Phi) is 3.41. The molecule has 1 aliphatic rings. The van der Waals surface area contributed by atoms with Gasteiger partial charge in [0.25, 0.3) is 0 Å². The molecule has 220 valence electrons. The molecule has 1 aliphatic heterocycles. The van der Waals surface area contributed by atoms with Crippen LogP contribution in [0.4, 0.5) is 0 Å². The molecule has 0 aliphatic carbocycles. The summed E-state index contributed by atoms with van der Waals surface area (Å²) in [6.07, 6.45) is 0. The van der Waals surface area contributed by atoms with Gasteiger partial charge in [0.05, 0.1) is 0 Å². The van der Waals surface area contributed by atoms with Gasteiger partial charge >= 0.3 is 245 Å². The molecule has 7 aromatic rings. The number of ether oxygens (including phenoxy) is 1. The first-order chi connectivity index (χ1) is 29.1. The summed E-state index contributed by atoms with van der Waals surface area (Å²) in [5, 5.41) is 1.72. The van der Waals surface area contributed by atoms with Crippen molar-refractivity contribution < 1.29 is 29.4 Å². The number of benzene rings is 6. The van der Waals surface area contributed by atoms with Gasteiger partial charge in [-0.2, -0.15) is 0 Å². The molecule has 0 amide bonds. The fourth-order valence-corrected chi connectivity index (χ4v) is 8.98. The molecule has 0 spiro atoms. The van der Waals surface area contributed by atoms with Gasteiger partial charge in [0.1, 0.15) is 0 Å². The summed E-state index contributed by atoms with van der Waals surface area (Å²) < 4.78 is 167. The zero-order valence-corrected chi connectivity index (χ0v) is 25.4. The molecule has 0 unspecified atom stereocenters. The van der Waals surface area contributed by atoms with Crippen molar-refractivity contribution in [2.75, 3.05) is 0 Å². The Labute approximate surface area is 297 Å². The van der Waals surface area contributed by atoms with Crippen LogP contribution in [-0.4, -0.2) is 14.5 Å². The zero-order chi connectivity index (χ0) is 46.0. The number of hydrogen-bond acceptors (Lipinski definition) is 1. The topological polar surface area (TPSA) is 9.23 Å². The van der Waals surface area contributed by atoms with Crippen LogP contribution in [0.5, 0.6) is 11.5 Å².